The minimum absolute atomic E-state index is 0.555. The van der Waals surface area contributed by atoms with Crippen molar-refractivity contribution in [2.24, 2.45) is 0 Å². The third-order valence-corrected chi connectivity index (χ3v) is 4.74. The number of pyridine rings is 2. The second-order valence-electron chi connectivity index (χ2n) is 6.17. The van der Waals surface area contributed by atoms with Gasteiger partial charge in [-0.3, -0.25) is 4.98 Å². The van der Waals surface area contributed by atoms with E-state index in [1.54, 1.807) is 0 Å². The third kappa shape index (κ3) is 1.89. The molecule has 2 aromatic heterocycles. The Kier molecular flexibility index (Phi) is 2.67. The predicted molar refractivity (Wildman–Crippen MR) is 85.9 cm³/mol. The van der Waals surface area contributed by atoms with Crippen molar-refractivity contribution in [3.05, 3.63) is 35.2 Å². The molecule has 0 unspecified atom stereocenters. The van der Waals surface area contributed by atoms with Crippen LogP contribution in [0.15, 0.2) is 18.3 Å². The summed E-state index contributed by atoms with van der Waals surface area (Å²) in [5.41, 5.74) is 7.17. The maximum absolute atomic E-state index is 4.95. The third-order valence-electron chi connectivity index (χ3n) is 4.74. The smallest absolute Gasteiger partial charge is 0.150 e. The van der Waals surface area contributed by atoms with Crippen molar-refractivity contribution in [2.75, 3.05) is 23.3 Å². The van der Waals surface area contributed by atoms with Gasteiger partial charge in [-0.25, -0.2) is 4.98 Å². The molecule has 0 aliphatic carbocycles. The van der Waals surface area contributed by atoms with E-state index in [9.17, 15) is 0 Å². The van der Waals surface area contributed by atoms with Gasteiger partial charge in [-0.1, -0.05) is 0 Å². The van der Waals surface area contributed by atoms with Crippen molar-refractivity contribution in [2.45, 2.75) is 33.2 Å². The Labute approximate surface area is 125 Å². The van der Waals surface area contributed by atoms with E-state index in [4.69, 9.17) is 4.98 Å². The molecule has 2 aromatic rings. The van der Waals surface area contributed by atoms with Crippen LogP contribution in [0.5, 0.6) is 0 Å². The molecule has 1 fully saturated rings. The fraction of sp³-hybridized carbons (Fsp3) is 0.412. The summed E-state index contributed by atoms with van der Waals surface area (Å²) in [6, 6.07) is 4.71. The zero-order valence-corrected chi connectivity index (χ0v) is 12.8. The summed E-state index contributed by atoms with van der Waals surface area (Å²) >= 11 is 0. The topological polar surface area (TPSA) is 41.1 Å². The minimum Gasteiger partial charge on any atom is -0.366 e. The Bertz CT molecular complexity index is 723. The van der Waals surface area contributed by atoms with Crippen LogP contribution in [0, 0.1) is 20.8 Å². The molecule has 0 saturated carbocycles. The molecule has 2 aliphatic rings. The molecule has 0 amide bonds. The van der Waals surface area contributed by atoms with Gasteiger partial charge < -0.3 is 10.2 Å². The molecule has 4 heterocycles. The Hall–Kier alpha value is -2.10. The summed E-state index contributed by atoms with van der Waals surface area (Å²) < 4.78 is 0. The largest absolute Gasteiger partial charge is 0.366 e. The molecule has 4 rings (SSSR count). The van der Waals surface area contributed by atoms with E-state index in [0.717, 1.165) is 35.9 Å². The maximum Gasteiger partial charge on any atom is 0.150 e. The monoisotopic (exact) mass is 280 g/mol. The Balaban J connectivity index is 1.91. The van der Waals surface area contributed by atoms with Crippen LogP contribution in [-0.2, 0) is 0 Å². The number of aromatic nitrogens is 2. The average Bonchev–Trinajstić information content (AvgIpc) is 2.84. The number of hydrogen-bond donors (Lipinski definition) is 1. The van der Waals surface area contributed by atoms with E-state index in [0.29, 0.717) is 6.04 Å². The van der Waals surface area contributed by atoms with Crippen LogP contribution in [0.2, 0.25) is 0 Å². The van der Waals surface area contributed by atoms with Crippen molar-refractivity contribution >= 4 is 11.5 Å². The molecule has 0 aromatic carbocycles. The van der Waals surface area contributed by atoms with E-state index in [2.05, 4.69) is 35.1 Å². The van der Waals surface area contributed by atoms with Crippen molar-refractivity contribution in [1.29, 1.82) is 0 Å². The van der Waals surface area contributed by atoms with E-state index >= 15 is 0 Å². The molecule has 4 heteroatoms. The van der Waals surface area contributed by atoms with Gasteiger partial charge in [0.05, 0.1) is 11.4 Å². The molecule has 1 N–H and O–H groups in total. The number of nitrogens with one attached hydrogen (secondary N) is 1. The Morgan fingerprint density at radius 2 is 2.10 bits per heavy atom. The fourth-order valence-electron chi connectivity index (χ4n) is 3.52. The first-order valence-electron chi connectivity index (χ1n) is 7.59. The van der Waals surface area contributed by atoms with Crippen LogP contribution in [0.25, 0.3) is 11.3 Å². The zero-order valence-electron chi connectivity index (χ0n) is 12.8. The molecule has 1 saturated heterocycles. The number of rotatable bonds is 1. The summed E-state index contributed by atoms with van der Waals surface area (Å²) in [6.07, 6.45) is 3.07. The first-order chi connectivity index (χ1) is 10.1. The molecule has 2 aliphatic heterocycles. The summed E-state index contributed by atoms with van der Waals surface area (Å²) in [4.78, 5) is 11.7. The quantitative estimate of drug-likeness (QED) is 0.871. The van der Waals surface area contributed by atoms with Gasteiger partial charge in [0.25, 0.3) is 0 Å². The summed E-state index contributed by atoms with van der Waals surface area (Å²) in [6.45, 7) is 8.67. The molecule has 108 valence electrons. The SMILES string of the molecule is Cc1cc(-c2nc3c(c(C)c2C)N2CC[C@@H](C2)N3)ccn1. The van der Waals surface area contributed by atoms with E-state index in [1.165, 1.54) is 23.2 Å². The lowest BCUT2D eigenvalue weighted by Crippen LogP contribution is -2.33. The van der Waals surface area contributed by atoms with Crippen LogP contribution < -0.4 is 10.2 Å². The first-order valence-corrected chi connectivity index (χ1v) is 7.59. The van der Waals surface area contributed by atoms with Gasteiger partial charge in [0, 0.05) is 36.6 Å². The summed E-state index contributed by atoms with van der Waals surface area (Å²) in [5.74, 6) is 1.05. The lowest BCUT2D eigenvalue weighted by Gasteiger charge is -2.31. The van der Waals surface area contributed by atoms with Gasteiger partial charge in [-0.05, 0) is 50.5 Å². The Morgan fingerprint density at radius 3 is 2.90 bits per heavy atom. The van der Waals surface area contributed by atoms with Crippen LogP contribution >= 0.6 is 0 Å². The highest BCUT2D eigenvalue weighted by molar-refractivity contribution is 5.80. The fourth-order valence-corrected chi connectivity index (χ4v) is 3.52. The second-order valence-corrected chi connectivity index (χ2v) is 6.17. The van der Waals surface area contributed by atoms with Crippen molar-refractivity contribution in [3.63, 3.8) is 0 Å². The lowest BCUT2D eigenvalue weighted by molar-refractivity contribution is 0.786. The van der Waals surface area contributed by atoms with Crippen molar-refractivity contribution in [1.82, 2.24) is 9.97 Å². The minimum atomic E-state index is 0.555. The average molecular weight is 280 g/mol. The lowest BCUT2D eigenvalue weighted by atomic mass is 10.0. The number of nitrogens with zero attached hydrogens (tertiary/aromatic N) is 3. The van der Waals surface area contributed by atoms with Gasteiger partial charge in [-0.15, -0.1) is 0 Å². The summed E-state index contributed by atoms with van der Waals surface area (Å²) in [7, 11) is 0. The standard InChI is InChI=1S/C17H20N4/c1-10-8-13(4-6-18-10)15-11(2)12(3)16-17(20-15)19-14-5-7-21(16)9-14/h4,6,8,14H,5,7,9H2,1-3H3,(H,19,20)/t14-/m0/s1. The van der Waals surface area contributed by atoms with E-state index < -0.39 is 0 Å². The molecule has 2 bridgehead atoms. The van der Waals surface area contributed by atoms with Gasteiger partial charge >= 0.3 is 0 Å². The van der Waals surface area contributed by atoms with Gasteiger partial charge in [0.1, 0.15) is 0 Å². The molecule has 4 nitrogen and oxygen atoms in total. The number of anilines is 2. The van der Waals surface area contributed by atoms with Crippen molar-refractivity contribution < 1.29 is 0 Å². The maximum atomic E-state index is 4.95. The predicted octanol–water partition coefficient (Wildman–Crippen LogP) is 3.07. The molecular formula is C17H20N4. The molecule has 21 heavy (non-hydrogen) atoms. The first kappa shape index (κ1) is 12.6. The Morgan fingerprint density at radius 1 is 1.24 bits per heavy atom. The molecular weight excluding hydrogens is 260 g/mol. The second kappa shape index (κ2) is 4.45. The highest BCUT2D eigenvalue weighted by Gasteiger charge is 2.33. The highest BCUT2D eigenvalue weighted by Crippen LogP contribution is 2.40. The van der Waals surface area contributed by atoms with Crippen LogP contribution in [0.4, 0.5) is 11.5 Å². The normalized spacial score (nSPS) is 19.4. The van der Waals surface area contributed by atoms with Crippen LogP contribution in [-0.4, -0.2) is 29.1 Å². The number of hydrogen-bond acceptors (Lipinski definition) is 4. The van der Waals surface area contributed by atoms with Crippen LogP contribution in [0.1, 0.15) is 23.2 Å². The van der Waals surface area contributed by atoms with E-state index in [-0.39, 0.29) is 0 Å². The summed E-state index contributed by atoms with van der Waals surface area (Å²) in [5, 5.41) is 3.61. The van der Waals surface area contributed by atoms with Crippen LogP contribution in [0.3, 0.4) is 0 Å². The number of fused-ring (bicyclic) bond motifs is 4. The van der Waals surface area contributed by atoms with E-state index in [1.807, 2.05) is 19.2 Å². The zero-order chi connectivity index (χ0) is 14.6. The molecule has 1 atom stereocenters. The van der Waals surface area contributed by atoms with Gasteiger partial charge in [0.15, 0.2) is 5.82 Å². The van der Waals surface area contributed by atoms with Gasteiger partial charge in [0.2, 0.25) is 0 Å². The molecule has 0 radical (unpaired) electrons. The molecule has 0 spiro atoms. The van der Waals surface area contributed by atoms with Gasteiger partial charge in [-0.2, -0.15) is 0 Å². The van der Waals surface area contributed by atoms with Crippen molar-refractivity contribution in [3.8, 4) is 11.3 Å². The highest BCUT2D eigenvalue weighted by atomic mass is 15.3. The number of aryl methyl sites for hydroxylation is 1.